The van der Waals surface area contributed by atoms with Crippen molar-refractivity contribution in [2.45, 2.75) is 17.2 Å². The van der Waals surface area contributed by atoms with Crippen molar-refractivity contribution in [2.75, 3.05) is 33.2 Å². The van der Waals surface area contributed by atoms with Gasteiger partial charge in [0, 0.05) is 24.5 Å². The molecule has 1 aromatic rings. The van der Waals surface area contributed by atoms with E-state index in [2.05, 4.69) is 20.8 Å². The van der Waals surface area contributed by atoms with Gasteiger partial charge in [0.25, 0.3) is 0 Å². The molecule has 0 amide bonds. The topological polar surface area (TPSA) is 40.6 Å². The third-order valence-electron chi connectivity index (χ3n) is 3.13. The second kappa shape index (κ2) is 6.41. The molecule has 0 N–H and O–H groups in total. The van der Waals surface area contributed by atoms with E-state index in [1.807, 2.05) is 7.05 Å². The summed E-state index contributed by atoms with van der Waals surface area (Å²) < 4.78 is 27.5. The van der Waals surface area contributed by atoms with Crippen molar-refractivity contribution >= 4 is 48.9 Å². The number of alkyl halides is 1. The number of nitrogens with zero attached hydrogens (tertiary/aromatic N) is 2. The molecular formula is C11H16BrClN2O2S2. The second-order valence-corrected chi connectivity index (χ2v) is 9.17. The van der Waals surface area contributed by atoms with Crippen molar-refractivity contribution in [3.05, 3.63) is 14.7 Å². The predicted octanol–water partition coefficient (Wildman–Crippen LogP) is 2.58. The van der Waals surface area contributed by atoms with Crippen LogP contribution in [0.25, 0.3) is 0 Å². The van der Waals surface area contributed by atoms with Crippen molar-refractivity contribution in [2.24, 2.45) is 0 Å². The molecule has 1 aromatic heterocycles. The fourth-order valence-corrected chi connectivity index (χ4v) is 6.23. The molecule has 0 bridgehead atoms. The van der Waals surface area contributed by atoms with Gasteiger partial charge in [-0.05, 0) is 42.0 Å². The van der Waals surface area contributed by atoms with Crippen LogP contribution < -0.4 is 0 Å². The Balaban J connectivity index is 2.28. The molecule has 0 aliphatic carbocycles. The summed E-state index contributed by atoms with van der Waals surface area (Å²) in [7, 11) is -1.40. The summed E-state index contributed by atoms with van der Waals surface area (Å²) >= 11 is 10.5. The molecule has 0 radical (unpaired) electrons. The molecule has 2 rings (SSSR count). The lowest BCUT2D eigenvalue weighted by molar-refractivity contribution is 0.347. The van der Waals surface area contributed by atoms with E-state index in [0.717, 1.165) is 24.4 Å². The van der Waals surface area contributed by atoms with Crippen LogP contribution in [-0.2, 0) is 15.9 Å². The maximum atomic E-state index is 12.6. The Morgan fingerprint density at radius 3 is 2.74 bits per heavy atom. The molecule has 0 atom stereocenters. The number of likely N-dealkylation sites (N-methyl/N-ethyl adjacent to an activating group) is 1. The standard InChI is InChI=1S/C11H16BrClN2O2S2/c1-14-3-2-4-15(6-5-14)19(16,17)10-7-9(8-13)18-11(10)12/h7H,2-6,8H2,1H3. The van der Waals surface area contributed by atoms with E-state index in [1.165, 1.54) is 11.3 Å². The van der Waals surface area contributed by atoms with E-state index >= 15 is 0 Å². The van der Waals surface area contributed by atoms with E-state index in [-0.39, 0.29) is 0 Å². The smallest absolute Gasteiger partial charge is 0.245 e. The minimum atomic E-state index is -3.42. The maximum absolute atomic E-state index is 12.6. The third-order valence-corrected chi connectivity index (χ3v) is 7.73. The van der Waals surface area contributed by atoms with Gasteiger partial charge >= 0.3 is 0 Å². The van der Waals surface area contributed by atoms with Gasteiger partial charge in [-0.15, -0.1) is 22.9 Å². The van der Waals surface area contributed by atoms with Crippen LogP contribution in [0.15, 0.2) is 14.7 Å². The van der Waals surface area contributed by atoms with E-state index in [0.29, 0.717) is 27.7 Å². The molecule has 0 unspecified atom stereocenters. The molecule has 0 saturated carbocycles. The molecule has 19 heavy (non-hydrogen) atoms. The quantitative estimate of drug-likeness (QED) is 0.749. The first kappa shape index (κ1) is 15.7. The SMILES string of the molecule is CN1CCCN(S(=O)(=O)c2cc(CCl)sc2Br)CC1. The number of halogens is 2. The number of hydrogen-bond donors (Lipinski definition) is 0. The molecule has 2 heterocycles. The van der Waals surface area contributed by atoms with Gasteiger partial charge in [-0.1, -0.05) is 0 Å². The lowest BCUT2D eigenvalue weighted by atomic mass is 10.4. The minimum Gasteiger partial charge on any atom is -0.305 e. The lowest BCUT2D eigenvalue weighted by Crippen LogP contribution is -2.34. The molecule has 0 aromatic carbocycles. The first-order valence-corrected chi connectivity index (χ1v) is 9.56. The zero-order valence-electron chi connectivity index (χ0n) is 10.6. The van der Waals surface area contributed by atoms with Gasteiger partial charge in [0.1, 0.15) is 4.90 Å². The predicted molar refractivity (Wildman–Crippen MR) is 82.4 cm³/mol. The largest absolute Gasteiger partial charge is 0.305 e. The van der Waals surface area contributed by atoms with E-state index in [9.17, 15) is 8.42 Å². The maximum Gasteiger partial charge on any atom is 0.245 e. The van der Waals surface area contributed by atoms with Crippen molar-refractivity contribution in [3.8, 4) is 0 Å². The zero-order chi connectivity index (χ0) is 14.0. The summed E-state index contributed by atoms with van der Waals surface area (Å²) in [5, 5.41) is 0. The Hall–Kier alpha value is 0.340. The fourth-order valence-electron chi connectivity index (χ4n) is 2.04. The highest BCUT2D eigenvalue weighted by Gasteiger charge is 2.29. The summed E-state index contributed by atoms with van der Waals surface area (Å²) in [5.41, 5.74) is 0. The lowest BCUT2D eigenvalue weighted by Gasteiger charge is -2.19. The number of thiophene rings is 1. The van der Waals surface area contributed by atoms with Crippen molar-refractivity contribution in [1.29, 1.82) is 0 Å². The van der Waals surface area contributed by atoms with Gasteiger partial charge in [0.2, 0.25) is 10.0 Å². The molecule has 0 spiro atoms. The normalized spacial score (nSPS) is 19.5. The van der Waals surface area contributed by atoms with Gasteiger partial charge in [-0.25, -0.2) is 8.42 Å². The zero-order valence-corrected chi connectivity index (χ0v) is 14.6. The summed E-state index contributed by atoms with van der Waals surface area (Å²) in [6, 6.07) is 1.67. The van der Waals surface area contributed by atoms with Crippen LogP contribution in [-0.4, -0.2) is 50.8 Å². The molecule has 1 aliphatic rings. The molecule has 1 fully saturated rings. The Bertz CT molecular complexity index is 547. The molecule has 1 aliphatic heterocycles. The van der Waals surface area contributed by atoms with Gasteiger partial charge in [0.05, 0.1) is 9.67 Å². The average molecular weight is 388 g/mol. The van der Waals surface area contributed by atoms with Gasteiger partial charge in [-0.3, -0.25) is 0 Å². The Morgan fingerprint density at radius 1 is 1.37 bits per heavy atom. The van der Waals surface area contributed by atoms with Crippen LogP contribution in [0.5, 0.6) is 0 Å². The summed E-state index contributed by atoms with van der Waals surface area (Å²) in [4.78, 5) is 3.36. The average Bonchev–Trinajstić information content (AvgIpc) is 2.60. The summed E-state index contributed by atoms with van der Waals surface area (Å²) in [5.74, 6) is 0.335. The first-order chi connectivity index (χ1) is 8.95. The van der Waals surface area contributed by atoms with Crippen LogP contribution in [0, 0.1) is 0 Å². The Kier molecular flexibility index (Phi) is 5.30. The van der Waals surface area contributed by atoms with Gasteiger partial charge in [-0.2, -0.15) is 4.31 Å². The van der Waals surface area contributed by atoms with Crippen molar-refractivity contribution in [3.63, 3.8) is 0 Å². The van der Waals surface area contributed by atoms with Gasteiger partial charge < -0.3 is 4.90 Å². The molecule has 108 valence electrons. The molecular weight excluding hydrogens is 372 g/mol. The van der Waals surface area contributed by atoms with E-state index in [4.69, 9.17) is 11.6 Å². The highest BCUT2D eigenvalue weighted by atomic mass is 79.9. The highest BCUT2D eigenvalue weighted by Crippen LogP contribution is 2.34. The number of sulfonamides is 1. The molecule has 1 saturated heterocycles. The van der Waals surface area contributed by atoms with Crippen LogP contribution in [0.3, 0.4) is 0 Å². The minimum absolute atomic E-state index is 0.335. The van der Waals surface area contributed by atoms with Crippen molar-refractivity contribution < 1.29 is 8.42 Å². The van der Waals surface area contributed by atoms with Crippen LogP contribution >= 0.6 is 38.9 Å². The monoisotopic (exact) mass is 386 g/mol. The third kappa shape index (κ3) is 3.51. The second-order valence-electron chi connectivity index (χ2n) is 4.55. The fraction of sp³-hybridized carbons (Fsp3) is 0.636. The van der Waals surface area contributed by atoms with Crippen LogP contribution in [0.1, 0.15) is 11.3 Å². The van der Waals surface area contributed by atoms with Crippen LogP contribution in [0.2, 0.25) is 0 Å². The number of rotatable bonds is 3. The Morgan fingerprint density at radius 2 is 2.11 bits per heavy atom. The highest BCUT2D eigenvalue weighted by molar-refractivity contribution is 9.11. The Labute approximate surface area is 131 Å². The van der Waals surface area contributed by atoms with E-state index in [1.54, 1.807) is 10.4 Å². The van der Waals surface area contributed by atoms with Crippen LogP contribution in [0.4, 0.5) is 0 Å². The van der Waals surface area contributed by atoms with Crippen molar-refractivity contribution in [1.82, 2.24) is 9.21 Å². The first-order valence-electron chi connectivity index (χ1n) is 5.98. The summed E-state index contributed by atoms with van der Waals surface area (Å²) in [6.07, 6.45) is 0.861. The number of hydrogen-bond acceptors (Lipinski definition) is 4. The summed E-state index contributed by atoms with van der Waals surface area (Å²) in [6.45, 7) is 2.82. The molecule has 8 heteroatoms. The molecule has 4 nitrogen and oxygen atoms in total. The van der Waals surface area contributed by atoms with Gasteiger partial charge in [0.15, 0.2) is 0 Å². The van der Waals surface area contributed by atoms with E-state index < -0.39 is 10.0 Å².